The third kappa shape index (κ3) is 5.96. The summed E-state index contributed by atoms with van der Waals surface area (Å²) in [6.07, 6.45) is 3.51. The second-order valence-electron chi connectivity index (χ2n) is 6.84. The van der Waals surface area contributed by atoms with E-state index in [4.69, 9.17) is 15.0 Å². The van der Waals surface area contributed by atoms with Crippen molar-refractivity contribution in [3.63, 3.8) is 0 Å². The zero-order chi connectivity index (χ0) is 20.5. The average Bonchev–Trinajstić information content (AvgIpc) is 3.21. The Morgan fingerprint density at radius 2 is 2.17 bits per heavy atom. The van der Waals surface area contributed by atoms with Crippen molar-refractivity contribution in [2.45, 2.75) is 56.9 Å². The van der Waals surface area contributed by atoms with Crippen LogP contribution in [0.15, 0.2) is 41.8 Å². The molecule has 1 aromatic carbocycles. The van der Waals surface area contributed by atoms with E-state index >= 15 is 0 Å². The van der Waals surface area contributed by atoms with Crippen molar-refractivity contribution >= 4 is 0 Å². The number of ether oxygens (including phenoxy) is 2. The van der Waals surface area contributed by atoms with Gasteiger partial charge in [-0.2, -0.15) is 5.10 Å². The molecule has 0 aliphatic carbocycles. The second kappa shape index (κ2) is 10.3. The van der Waals surface area contributed by atoms with Gasteiger partial charge in [0, 0.05) is 23.5 Å². The molecule has 0 N–H and O–H groups in total. The number of aromatic nitrogens is 3. The Balaban J connectivity index is 1.60. The van der Waals surface area contributed by atoms with Crippen molar-refractivity contribution in [1.29, 1.82) is 0 Å². The van der Waals surface area contributed by atoms with Crippen LogP contribution in [-0.2, 0) is 21.9 Å². The minimum atomic E-state index is -3.03. The van der Waals surface area contributed by atoms with Gasteiger partial charge < -0.3 is 9.47 Å². The summed E-state index contributed by atoms with van der Waals surface area (Å²) < 4.78 is 41.7. The van der Waals surface area contributed by atoms with Crippen LogP contribution in [0.5, 0.6) is 0 Å². The molecule has 0 saturated carbocycles. The molecule has 0 radical (unpaired) electrons. The van der Waals surface area contributed by atoms with Gasteiger partial charge in [-0.25, -0.2) is 18.4 Å². The Labute approximate surface area is 167 Å². The molecule has 3 rings (SSSR count). The van der Waals surface area contributed by atoms with Gasteiger partial charge in [-0.3, -0.25) is 0 Å². The third-order valence-electron chi connectivity index (χ3n) is 4.81. The summed E-state index contributed by atoms with van der Waals surface area (Å²) in [5, 5.41) is 7.80. The van der Waals surface area contributed by atoms with Crippen molar-refractivity contribution in [3.05, 3.63) is 58.5 Å². The molecule has 1 aliphatic rings. The van der Waals surface area contributed by atoms with E-state index in [1.165, 1.54) is 23.1 Å². The maximum atomic E-state index is 14.5. The van der Waals surface area contributed by atoms with Crippen molar-refractivity contribution in [3.8, 4) is 0 Å². The van der Waals surface area contributed by atoms with Crippen LogP contribution in [0, 0.1) is 0 Å². The molecule has 0 spiro atoms. The molecule has 8 nitrogen and oxygen atoms in total. The number of hydrogen-bond donors (Lipinski definition) is 0. The molecule has 2 unspecified atom stereocenters. The highest BCUT2D eigenvalue weighted by Gasteiger charge is 2.32. The molecule has 0 amide bonds. The van der Waals surface area contributed by atoms with Crippen molar-refractivity contribution in [2.75, 3.05) is 13.2 Å². The predicted octanol–water partition coefficient (Wildman–Crippen LogP) is 4.74. The van der Waals surface area contributed by atoms with Gasteiger partial charge >= 0.3 is 0 Å². The van der Waals surface area contributed by atoms with E-state index in [1.54, 1.807) is 18.2 Å². The number of nitrogens with zero attached hydrogens (tertiary/aromatic N) is 6. The Kier molecular flexibility index (Phi) is 7.51. The number of hydrogen-bond acceptors (Lipinski definition) is 5. The Bertz CT molecular complexity index is 804. The minimum absolute atomic E-state index is 0.0583. The van der Waals surface area contributed by atoms with E-state index in [-0.39, 0.29) is 18.3 Å². The zero-order valence-corrected chi connectivity index (χ0v) is 16.0. The van der Waals surface area contributed by atoms with Crippen LogP contribution in [0.25, 0.3) is 10.4 Å². The van der Waals surface area contributed by atoms with Crippen molar-refractivity contribution in [1.82, 2.24) is 14.8 Å². The number of benzene rings is 1. The average molecular weight is 406 g/mol. The summed E-state index contributed by atoms with van der Waals surface area (Å²) in [6, 6.07) is 6.75. The summed E-state index contributed by atoms with van der Waals surface area (Å²) in [4.78, 5) is 6.94. The lowest BCUT2D eigenvalue weighted by Crippen LogP contribution is -2.24. The smallest absolute Gasteiger partial charge is 0.273 e. The first-order valence-electron chi connectivity index (χ1n) is 9.68. The zero-order valence-electron chi connectivity index (χ0n) is 16.0. The second-order valence-corrected chi connectivity index (χ2v) is 6.84. The minimum Gasteiger partial charge on any atom is -0.353 e. The van der Waals surface area contributed by atoms with Crippen LogP contribution in [0.4, 0.5) is 8.78 Å². The third-order valence-corrected chi connectivity index (χ3v) is 4.81. The fraction of sp³-hybridized carbons (Fsp3) is 0.579. The molecule has 0 bridgehead atoms. The highest BCUT2D eigenvalue weighted by molar-refractivity contribution is 5.20. The monoisotopic (exact) mass is 406 g/mol. The van der Waals surface area contributed by atoms with Gasteiger partial charge in [-0.05, 0) is 31.2 Å². The van der Waals surface area contributed by atoms with Crippen LogP contribution in [0.1, 0.15) is 49.5 Å². The Morgan fingerprint density at radius 3 is 2.90 bits per heavy atom. The predicted molar refractivity (Wildman–Crippen MR) is 101 cm³/mol. The molecule has 10 heteroatoms. The molecule has 2 heterocycles. The van der Waals surface area contributed by atoms with Crippen LogP contribution >= 0.6 is 0 Å². The van der Waals surface area contributed by atoms with Gasteiger partial charge in [0.25, 0.3) is 5.92 Å². The number of halogens is 2. The molecule has 1 fully saturated rings. The van der Waals surface area contributed by atoms with E-state index in [0.717, 1.165) is 19.3 Å². The van der Waals surface area contributed by atoms with Crippen molar-refractivity contribution in [2.24, 2.45) is 5.11 Å². The first-order chi connectivity index (χ1) is 14.1. The Hall–Kier alpha value is -2.55. The quantitative estimate of drug-likeness (QED) is 0.323. The molecule has 156 valence electrons. The topological polar surface area (TPSA) is 97.9 Å². The van der Waals surface area contributed by atoms with E-state index in [9.17, 15) is 8.78 Å². The van der Waals surface area contributed by atoms with E-state index in [1.807, 2.05) is 0 Å². The van der Waals surface area contributed by atoms with Crippen LogP contribution < -0.4 is 0 Å². The lowest BCUT2D eigenvalue weighted by molar-refractivity contribution is -0.163. The fourth-order valence-electron chi connectivity index (χ4n) is 3.26. The largest absolute Gasteiger partial charge is 0.353 e. The molecular formula is C19H24F2N6O2. The first-order valence-corrected chi connectivity index (χ1v) is 9.68. The van der Waals surface area contributed by atoms with Gasteiger partial charge in [-0.1, -0.05) is 35.4 Å². The number of azide groups is 1. The van der Waals surface area contributed by atoms with Gasteiger partial charge in [-0.15, -0.1) is 0 Å². The lowest BCUT2D eigenvalue weighted by atomic mass is 10.0. The maximum absolute atomic E-state index is 14.5. The van der Waals surface area contributed by atoms with Gasteiger partial charge in [0.1, 0.15) is 12.2 Å². The highest BCUT2D eigenvalue weighted by Crippen LogP contribution is 2.36. The summed E-state index contributed by atoms with van der Waals surface area (Å²) in [7, 11) is 0. The van der Waals surface area contributed by atoms with E-state index in [2.05, 4.69) is 20.1 Å². The summed E-state index contributed by atoms with van der Waals surface area (Å²) in [6.45, 7) is 1.39. The Morgan fingerprint density at radius 1 is 1.34 bits per heavy atom. The van der Waals surface area contributed by atoms with Gasteiger partial charge in [0.2, 0.25) is 0 Å². The standard InChI is InChI=1S/C19H24F2N6O2/c20-19(21,15-6-2-1-3-7-15)10-9-16(25-26-22)18-23-14-24-27(18)11-13-29-17-8-4-5-12-28-17/h1-3,6-7,14,16-17H,4-5,8-13H2. The van der Waals surface area contributed by atoms with E-state index in [0.29, 0.717) is 25.6 Å². The van der Waals surface area contributed by atoms with Crippen LogP contribution in [0.3, 0.4) is 0 Å². The normalized spacial score (nSPS) is 18.2. The van der Waals surface area contributed by atoms with E-state index < -0.39 is 18.4 Å². The summed E-state index contributed by atoms with van der Waals surface area (Å²) in [5.74, 6) is -2.68. The summed E-state index contributed by atoms with van der Waals surface area (Å²) >= 11 is 0. The van der Waals surface area contributed by atoms with Crippen LogP contribution in [-0.4, -0.2) is 34.3 Å². The van der Waals surface area contributed by atoms with Crippen LogP contribution in [0.2, 0.25) is 0 Å². The summed E-state index contributed by atoms with van der Waals surface area (Å²) in [5.41, 5.74) is 8.82. The van der Waals surface area contributed by atoms with Crippen molar-refractivity contribution < 1.29 is 18.3 Å². The molecule has 1 aliphatic heterocycles. The first kappa shape index (κ1) is 21.2. The fourth-order valence-corrected chi connectivity index (χ4v) is 3.26. The molecule has 1 aromatic heterocycles. The molecule has 1 saturated heterocycles. The highest BCUT2D eigenvalue weighted by atomic mass is 19.3. The van der Waals surface area contributed by atoms with Gasteiger partial charge in [0.15, 0.2) is 6.29 Å². The molecule has 2 atom stereocenters. The lowest BCUT2D eigenvalue weighted by Gasteiger charge is -2.23. The molecular weight excluding hydrogens is 382 g/mol. The SMILES string of the molecule is [N-]=[N+]=NC(CCC(F)(F)c1ccccc1)c1ncnn1CCOC1CCCCO1. The molecule has 2 aromatic rings. The van der Waals surface area contributed by atoms with Gasteiger partial charge in [0.05, 0.1) is 19.2 Å². The maximum Gasteiger partial charge on any atom is 0.273 e. The number of rotatable bonds is 10. The molecule has 29 heavy (non-hydrogen) atoms. The number of alkyl halides is 2.